The van der Waals surface area contributed by atoms with E-state index in [1.54, 1.807) is 6.33 Å². The first kappa shape index (κ1) is 9.36. The highest BCUT2D eigenvalue weighted by Gasteiger charge is 2.16. The van der Waals surface area contributed by atoms with E-state index in [2.05, 4.69) is 15.3 Å². The highest BCUT2D eigenvalue weighted by Crippen LogP contribution is 2.22. The molecule has 0 fully saturated rings. The number of hydrogen-bond donors (Lipinski definition) is 2. The molecule has 0 saturated carbocycles. The Hall–Kier alpha value is -1.20. The van der Waals surface area contributed by atoms with E-state index in [1.807, 2.05) is 0 Å². The maximum absolute atomic E-state index is 5.41. The fraction of sp³-hybridized carbons (Fsp3) is 0.556. The normalized spacial score (nSPS) is 14.1. The van der Waals surface area contributed by atoms with Gasteiger partial charge in [-0.2, -0.15) is 0 Å². The molecule has 5 heteroatoms. The van der Waals surface area contributed by atoms with Crippen LogP contribution in [0.5, 0.6) is 0 Å². The molecular weight excluding hydrogens is 180 g/mol. The molecule has 0 bridgehead atoms. The fourth-order valence-electron chi connectivity index (χ4n) is 1.44. The number of aromatic nitrogens is 2. The summed E-state index contributed by atoms with van der Waals surface area (Å²) in [5.74, 6) is 0.890. The van der Waals surface area contributed by atoms with Crippen LogP contribution in [0.3, 0.4) is 0 Å². The molecule has 2 heterocycles. The van der Waals surface area contributed by atoms with Gasteiger partial charge in [-0.25, -0.2) is 9.97 Å². The van der Waals surface area contributed by atoms with Gasteiger partial charge in [0.25, 0.3) is 0 Å². The lowest BCUT2D eigenvalue weighted by atomic mass is 10.2. The minimum atomic E-state index is 0.601. The Kier molecular flexibility index (Phi) is 2.90. The van der Waals surface area contributed by atoms with Gasteiger partial charge in [-0.15, -0.1) is 0 Å². The third-order valence-electron chi connectivity index (χ3n) is 2.19. The number of nitrogens with one attached hydrogen (secondary N) is 1. The maximum atomic E-state index is 5.41. The second-order valence-corrected chi connectivity index (χ2v) is 3.21. The van der Waals surface area contributed by atoms with Gasteiger partial charge < -0.3 is 15.8 Å². The van der Waals surface area contributed by atoms with E-state index < -0.39 is 0 Å². The molecule has 1 aromatic heterocycles. The molecular formula is C9H14N4O. The quantitative estimate of drug-likeness (QED) is 0.673. The van der Waals surface area contributed by atoms with E-state index in [9.17, 15) is 0 Å². The summed E-state index contributed by atoms with van der Waals surface area (Å²) in [5, 5.41) is 3.23. The van der Waals surface area contributed by atoms with Crippen LogP contribution in [0.1, 0.15) is 17.7 Å². The zero-order valence-electron chi connectivity index (χ0n) is 7.99. The van der Waals surface area contributed by atoms with Crippen molar-refractivity contribution in [1.29, 1.82) is 0 Å². The summed E-state index contributed by atoms with van der Waals surface area (Å²) in [6.45, 7) is 2.75. The molecule has 0 spiro atoms. The summed E-state index contributed by atoms with van der Waals surface area (Å²) in [5.41, 5.74) is 7.49. The van der Waals surface area contributed by atoms with Crippen LogP contribution in [0, 0.1) is 0 Å². The van der Waals surface area contributed by atoms with Crippen LogP contribution in [0.25, 0.3) is 0 Å². The SMILES string of the molecule is NCCCNc1ncnc2c1COC2. The van der Waals surface area contributed by atoms with Gasteiger partial charge in [0.05, 0.1) is 18.9 Å². The van der Waals surface area contributed by atoms with E-state index in [0.717, 1.165) is 30.0 Å². The molecule has 2 rings (SSSR count). The smallest absolute Gasteiger partial charge is 0.135 e. The van der Waals surface area contributed by atoms with Crippen LogP contribution in [0.4, 0.5) is 5.82 Å². The van der Waals surface area contributed by atoms with Gasteiger partial charge in [0.15, 0.2) is 0 Å². The van der Waals surface area contributed by atoms with E-state index in [-0.39, 0.29) is 0 Å². The Bertz CT molecular complexity index is 316. The number of nitrogens with two attached hydrogens (primary N) is 1. The minimum Gasteiger partial charge on any atom is -0.370 e. The molecule has 76 valence electrons. The summed E-state index contributed by atoms with van der Waals surface area (Å²) < 4.78 is 5.29. The van der Waals surface area contributed by atoms with Gasteiger partial charge in [-0.05, 0) is 13.0 Å². The molecule has 3 N–H and O–H groups in total. The molecule has 1 aliphatic rings. The second kappa shape index (κ2) is 4.34. The molecule has 0 saturated heterocycles. The van der Waals surface area contributed by atoms with Crippen molar-refractivity contribution in [1.82, 2.24) is 9.97 Å². The number of nitrogens with zero attached hydrogens (tertiary/aromatic N) is 2. The Morgan fingerprint density at radius 1 is 1.43 bits per heavy atom. The average Bonchev–Trinajstić information content (AvgIpc) is 2.67. The molecule has 0 aromatic carbocycles. The summed E-state index contributed by atoms with van der Waals surface area (Å²) in [6.07, 6.45) is 2.51. The van der Waals surface area contributed by atoms with Crippen molar-refractivity contribution in [2.24, 2.45) is 5.73 Å². The van der Waals surface area contributed by atoms with Gasteiger partial charge in [-0.3, -0.25) is 0 Å². The van der Waals surface area contributed by atoms with Crippen LogP contribution >= 0.6 is 0 Å². The largest absolute Gasteiger partial charge is 0.370 e. The fourth-order valence-corrected chi connectivity index (χ4v) is 1.44. The Morgan fingerprint density at radius 3 is 3.21 bits per heavy atom. The first-order chi connectivity index (χ1) is 6.92. The Balaban J connectivity index is 2.06. The Labute approximate surface area is 82.7 Å². The summed E-state index contributed by atoms with van der Waals surface area (Å²) in [4.78, 5) is 8.33. The van der Waals surface area contributed by atoms with E-state index >= 15 is 0 Å². The van der Waals surface area contributed by atoms with E-state index in [0.29, 0.717) is 19.8 Å². The molecule has 1 aliphatic heterocycles. The van der Waals surface area contributed by atoms with Crippen LogP contribution in [-0.2, 0) is 18.0 Å². The lowest BCUT2D eigenvalue weighted by Gasteiger charge is -2.07. The highest BCUT2D eigenvalue weighted by atomic mass is 16.5. The highest BCUT2D eigenvalue weighted by molar-refractivity contribution is 5.46. The number of ether oxygens (including phenoxy) is 1. The van der Waals surface area contributed by atoms with Gasteiger partial charge in [-0.1, -0.05) is 0 Å². The van der Waals surface area contributed by atoms with Crippen LogP contribution in [0.2, 0.25) is 0 Å². The first-order valence-electron chi connectivity index (χ1n) is 4.76. The van der Waals surface area contributed by atoms with Crippen molar-refractivity contribution in [3.05, 3.63) is 17.6 Å². The molecule has 0 radical (unpaired) electrons. The Morgan fingerprint density at radius 2 is 2.36 bits per heavy atom. The van der Waals surface area contributed by atoms with Gasteiger partial charge in [0, 0.05) is 12.1 Å². The van der Waals surface area contributed by atoms with E-state index in [1.165, 1.54) is 0 Å². The van der Waals surface area contributed by atoms with Crippen molar-refractivity contribution in [2.45, 2.75) is 19.6 Å². The molecule has 0 atom stereocenters. The predicted molar refractivity (Wildman–Crippen MR) is 52.7 cm³/mol. The number of fused-ring (bicyclic) bond motifs is 1. The van der Waals surface area contributed by atoms with Crippen LogP contribution in [-0.4, -0.2) is 23.1 Å². The van der Waals surface area contributed by atoms with Crippen molar-refractivity contribution < 1.29 is 4.74 Å². The van der Waals surface area contributed by atoms with Crippen molar-refractivity contribution in [3.63, 3.8) is 0 Å². The molecule has 0 amide bonds. The third kappa shape index (κ3) is 1.83. The lowest BCUT2D eigenvalue weighted by molar-refractivity contribution is 0.133. The molecule has 5 nitrogen and oxygen atoms in total. The molecule has 0 unspecified atom stereocenters. The second-order valence-electron chi connectivity index (χ2n) is 3.21. The average molecular weight is 194 g/mol. The van der Waals surface area contributed by atoms with Crippen LogP contribution < -0.4 is 11.1 Å². The van der Waals surface area contributed by atoms with Gasteiger partial charge >= 0.3 is 0 Å². The first-order valence-corrected chi connectivity index (χ1v) is 4.76. The molecule has 0 aliphatic carbocycles. The number of hydrogen-bond acceptors (Lipinski definition) is 5. The zero-order valence-corrected chi connectivity index (χ0v) is 7.99. The molecule has 1 aromatic rings. The van der Waals surface area contributed by atoms with Crippen molar-refractivity contribution in [2.75, 3.05) is 18.4 Å². The summed E-state index contributed by atoms with van der Waals surface area (Å²) >= 11 is 0. The molecule has 14 heavy (non-hydrogen) atoms. The van der Waals surface area contributed by atoms with E-state index in [4.69, 9.17) is 10.5 Å². The topological polar surface area (TPSA) is 73.1 Å². The number of rotatable bonds is 4. The zero-order chi connectivity index (χ0) is 9.80. The summed E-state index contributed by atoms with van der Waals surface area (Å²) in [6, 6.07) is 0. The third-order valence-corrected chi connectivity index (χ3v) is 2.19. The monoisotopic (exact) mass is 194 g/mol. The van der Waals surface area contributed by atoms with Gasteiger partial charge in [0.2, 0.25) is 0 Å². The number of anilines is 1. The van der Waals surface area contributed by atoms with Crippen molar-refractivity contribution >= 4 is 5.82 Å². The van der Waals surface area contributed by atoms with Crippen molar-refractivity contribution in [3.8, 4) is 0 Å². The van der Waals surface area contributed by atoms with Gasteiger partial charge in [0.1, 0.15) is 12.1 Å². The standard InChI is InChI=1S/C9H14N4O/c10-2-1-3-11-9-7-4-14-5-8(7)12-6-13-9/h6H,1-5,10H2,(H,11,12,13). The predicted octanol–water partition coefficient (Wildman–Crippen LogP) is 0.267. The van der Waals surface area contributed by atoms with Crippen LogP contribution in [0.15, 0.2) is 6.33 Å². The maximum Gasteiger partial charge on any atom is 0.135 e. The minimum absolute atomic E-state index is 0.601. The summed E-state index contributed by atoms with van der Waals surface area (Å²) in [7, 11) is 0. The lowest BCUT2D eigenvalue weighted by Crippen LogP contribution is -2.11.